The van der Waals surface area contributed by atoms with E-state index in [0.29, 0.717) is 13.0 Å². The first-order chi connectivity index (χ1) is 14.7. The van der Waals surface area contributed by atoms with Crippen molar-refractivity contribution in [3.05, 3.63) is 68.3 Å². The van der Waals surface area contributed by atoms with Gasteiger partial charge < -0.3 is 15.4 Å². The van der Waals surface area contributed by atoms with Crippen LogP contribution < -0.4 is 10.6 Å². The zero-order valence-electron chi connectivity index (χ0n) is 17.7. The molecule has 0 heterocycles. The van der Waals surface area contributed by atoms with Crippen LogP contribution in [0.25, 0.3) is 0 Å². The maximum absolute atomic E-state index is 12.1. The summed E-state index contributed by atoms with van der Waals surface area (Å²) in [5.74, 6) is -0.815. The molecule has 166 valence electrons. The molecule has 2 rings (SSSR count). The first-order valence-corrected chi connectivity index (χ1v) is 9.83. The van der Waals surface area contributed by atoms with E-state index in [1.165, 1.54) is 13.2 Å². The predicted octanol–water partition coefficient (Wildman–Crippen LogP) is 4.16. The number of nitrogens with one attached hydrogen (secondary N) is 2. The van der Waals surface area contributed by atoms with Crippen molar-refractivity contribution < 1.29 is 19.4 Å². The molecule has 2 aromatic rings. The highest BCUT2D eigenvalue weighted by atomic mass is 16.6. The van der Waals surface area contributed by atoms with Gasteiger partial charge in [0.2, 0.25) is 0 Å². The van der Waals surface area contributed by atoms with Gasteiger partial charge in [0.25, 0.3) is 11.4 Å². The third-order valence-corrected chi connectivity index (χ3v) is 4.74. The summed E-state index contributed by atoms with van der Waals surface area (Å²) in [6.45, 7) is 3.95. The molecule has 0 aromatic heterocycles. The minimum Gasteiger partial charge on any atom is -0.467 e. The highest BCUT2D eigenvalue weighted by molar-refractivity contribution is 5.83. The maximum Gasteiger partial charge on any atom is 0.328 e. The van der Waals surface area contributed by atoms with E-state index in [9.17, 15) is 25.0 Å². The van der Waals surface area contributed by atoms with Crippen LogP contribution in [0.3, 0.4) is 0 Å². The van der Waals surface area contributed by atoms with Crippen LogP contribution in [-0.4, -0.2) is 35.5 Å². The molecule has 0 saturated heterocycles. The van der Waals surface area contributed by atoms with Gasteiger partial charge in [0.05, 0.1) is 23.0 Å². The Morgan fingerprint density at radius 2 is 1.65 bits per heavy atom. The molecule has 2 N–H and O–H groups in total. The van der Waals surface area contributed by atoms with E-state index >= 15 is 0 Å². The maximum atomic E-state index is 12.1. The van der Waals surface area contributed by atoms with Crippen LogP contribution in [-0.2, 0) is 16.0 Å². The smallest absolute Gasteiger partial charge is 0.328 e. The lowest BCUT2D eigenvalue weighted by Crippen LogP contribution is -2.35. The van der Waals surface area contributed by atoms with Gasteiger partial charge >= 0.3 is 5.97 Å². The highest BCUT2D eigenvalue weighted by Gasteiger charge is 2.29. The standard InChI is InChI=1S/C21H26N4O6/c1-14(2)20(21(26)31-3)23-17-12-16(18(24(27)28)13-19(17)25(29)30)22-11-7-10-15-8-5-4-6-9-15/h4-6,8-9,12-14,20,22-23H,7,10-11H2,1-3H3. The molecule has 0 radical (unpaired) electrons. The average Bonchev–Trinajstić information content (AvgIpc) is 2.74. The van der Waals surface area contributed by atoms with Gasteiger partial charge in [0.15, 0.2) is 0 Å². The molecule has 10 heteroatoms. The number of nitro benzene ring substituents is 2. The van der Waals surface area contributed by atoms with Crippen LogP contribution in [0.15, 0.2) is 42.5 Å². The molecular formula is C21H26N4O6. The molecule has 1 unspecified atom stereocenters. The summed E-state index contributed by atoms with van der Waals surface area (Å²) in [7, 11) is 1.23. The lowest BCUT2D eigenvalue weighted by atomic mass is 10.0. The summed E-state index contributed by atoms with van der Waals surface area (Å²) in [5, 5.41) is 28.8. The summed E-state index contributed by atoms with van der Waals surface area (Å²) in [6, 6.07) is 11.1. The Morgan fingerprint density at radius 3 is 2.19 bits per heavy atom. The van der Waals surface area contributed by atoms with Crippen molar-refractivity contribution >= 4 is 28.7 Å². The lowest BCUT2D eigenvalue weighted by molar-refractivity contribution is -0.393. The van der Waals surface area contributed by atoms with Crippen LogP contribution in [0.4, 0.5) is 22.7 Å². The summed E-state index contributed by atoms with van der Waals surface area (Å²) >= 11 is 0. The second kappa shape index (κ2) is 10.9. The number of hydrogen-bond acceptors (Lipinski definition) is 8. The Balaban J connectivity index is 2.28. The Hall–Kier alpha value is -3.69. The van der Waals surface area contributed by atoms with Crippen LogP contribution in [0.2, 0.25) is 0 Å². The van der Waals surface area contributed by atoms with Gasteiger partial charge in [-0.2, -0.15) is 0 Å². The van der Waals surface area contributed by atoms with Crippen molar-refractivity contribution in [2.24, 2.45) is 5.92 Å². The number of methoxy groups -OCH3 is 1. The van der Waals surface area contributed by atoms with Gasteiger partial charge in [0, 0.05) is 6.54 Å². The fourth-order valence-corrected chi connectivity index (χ4v) is 3.09. The van der Waals surface area contributed by atoms with E-state index in [-0.39, 0.29) is 17.3 Å². The largest absolute Gasteiger partial charge is 0.467 e. The van der Waals surface area contributed by atoms with Crippen molar-refractivity contribution in [3.8, 4) is 0 Å². The molecule has 31 heavy (non-hydrogen) atoms. The third-order valence-electron chi connectivity index (χ3n) is 4.74. The van der Waals surface area contributed by atoms with Crippen molar-refractivity contribution in [3.63, 3.8) is 0 Å². The first kappa shape index (κ1) is 23.6. The molecular weight excluding hydrogens is 404 g/mol. The van der Waals surface area contributed by atoms with Crippen molar-refractivity contribution in [2.45, 2.75) is 32.7 Å². The minimum absolute atomic E-state index is 0.00487. The molecule has 10 nitrogen and oxygen atoms in total. The number of nitro groups is 2. The monoisotopic (exact) mass is 430 g/mol. The second-order valence-electron chi connectivity index (χ2n) is 7.31. The number of ether oxygens (including phenoxy) is 1. The Bertz CT molecular complexity index is 933. The summed E-state index contributed by atoms with van der Waals surface area (Å²) in [5.41, 5.74) is 0.388. The van der Waals surface area contributed by atoms with E-state index in [2.05, 4.69) is 10.6 Å². The molecule has 0 aliphatic carbocycles. The number of rotatable bonds is 11. The fraction of sp³-hybridized carbons (Fsp3) is 0.381. The number of nitrogens with zero attached hydrogens (tertiary/aromatic N) is 2. The molecule has 0 amide bonds. The van der Waals surface area contributed by atoms with Gasteiger partial charge in [0.1, 0.15) is 17.4 Å². The fourth-order valence-electron chi connectivity index (χ4n) is 3.09. The Kier molecular flexibility index (Phi) is 8.30. The van der Waals surface area contributed by atoms with Gasteiger partial charge in [-0.15, -0.1) is 0 Å². The van der Waals surface area contributed by atoms with E-state index in [1.807, 2.05) is 30.3 Å². The van der Waals surface area contributed by atoms with Gasteiger partial charge in [-0.25, -0.2) is 4.79 Å². The summed E-state index contributed by atoms with van der Waals surface area (Å²) < 4.78 is 4.76. The van der Waals surface area contributed by atoms with E-state index in [0.717, 1.165) is 18.1 Å². The van der Waals surface area contributed by atoms with Gasteiger partial charge in [-0.1, -0.05) is 44.2 Å². The van der Waals surface area contributed by atoms with E-state index in [1.54, 1.807) is 13.8 Å². The molecule has 0 spiro atoms. The van der Waals surface area contributed by atoms with Crippen molar-refractivity contribution in [1.82, 2.24) is 0 Å². The molecule has 0 saturated carbocycles. The molecule has 0 bridgehead atoms. The summed E-state index contributed by atoms with van der Waals surface area (Å²) in [4.78, 5) is 33.7. The van der Waals surface area contributed by atoms with Crippen LogP contribution >= 0.6 is 0 Å². The van der Waals surface area contributed by atoms with Crippen LogP contribution in [0, 0.1) is 26.1 Å². The van der Waals surface area contributed by atoms with Gasteiger partial charge in [-0.05, 0) is 30.4 Å². The molecule has 0 fully saturated rings. The highest BCUT2D eigenvalue weighted by Crippen LogP contribution is 2.37. The predicted molar refractivity (Wildman–Crippen MR) is 117 cm³/mol. The van der Waals surface area contributed by atoms with Crippen molar-refractivity contribution in [2.75, 3.05) is 24.3 Å². The summed E-state index contributed by atoms with van der Waals surface area (Å²) in [6.07, 6.45) is 1.48. The number of carbonyl (C=O) groups excluding carboxylic acids is 1. The zero-order valence-corrected chi connectivity index (χ0v) is 17.7. The third kappa shape index (κ3) is 6.39. The van der Waals surface area contributed by atoms with Crippen molar-refractivity contribution in [1.29, 1.82) is 0 Å². The number of carbonyl (C=O) groups is 1. The second-order valence-corrected chi connectivity index (χ2v) is 7.31. The number of hydrogen-bond donors (Lipinski definition) is 2. The lowest BCUT2D eigenvalue weighted by Gasteiger charge is -2.21. The topological polar surface area (TPSA) is 137 Å². The zero-order chi connectivity index (χ0) is 23.0. The Labute approximate surface area is 179 Å². The Morgan fingerprint density at radius 1 is 1.03 bits per heavy atom. The average molecular weight is 430 g/mol. The minimum atomic E-state index is -0.851. The van der Waals surface area contributed by atoms with E-state index in [4.69, 9.17) is 4.74 Å². The SMILES string of the molecule is COC(=O)C(Nc1cc(NCCCc2ccccc2)c([N+](=O)[O-])cc1[N+](=O)[O-])C(C)C. The normalized spacial score (nSPS) is 11.6. The van der Waals surface area contributed by atoms with Gasteiger partial charge in [-0.3, -0.25) is 20.2 Å². The first-order valence-electron chi connectivity index (χ1n) is 9.83. The number of anilines is 2. The molecule has 0 aliphatic heterocycles. The molecule has 1 atom stereocenters. The van der Waals surface area contributed by atoms with Crippen LogP contribution in [0.5, 0.6) is 0 Å². The molecule has 0 aliphatic rings. The van der Waals surface area contributed by atoms with Crippen LogP contribution in [0.1, 0.15) is 25.8 Å². The number of esters is 1. The van der Waals surface area contributed by atoms with E-state index < -0.39 is 33.2 Å². The number of aryl methyl sites for hydroxylation is 1. The number of benzene rings is 2. The quantitative estimate of drug-likeness (QED) is 0.235. The molecule has 2 aromatic carbocycles.